The van der Waals surface area contributed by atoms with Gasteiger partial charge in [0.25, 0.3) is 0 Å². The number of carbonyl (C=O) groups excluding carboxylic acids is 1. The van der Waals surface area contributed by atoms with E-state index in [9.17, 15) is 4.79 Å². The van der Waals surface area contributed by atoms with E-state index in [4.69, 9.17) is 0 Å². The molecule has 0 atom stereocenters. The lowest BCUT2D eigenvalue weighted by Gasteiger charge is -2.19. The molecule has 0 spiro atoms. The maximum absolute atomic E-state index is 10.9. The number of nitrogens with one attached hydrogen (secondary N) is 1. The van der Waals surface area contributed by atoms with Crippen LogP contribution in [0.1, 0.15) is 12.8 Å². The minimum absolute atomic E-state index is 0.0542. The van der Waals surface area contributed by atoms with Gasteiger partial charge in [0.15, 0.2) is 0 Å². The van der Waals surface area contributed by atoms with E-state index >= 15 is 0 Å². The first-order valence-electron chi connectivity index (χ1n) is 3.63. The van der Waals surface area contributed by atoms with E-state index in [-0.39, 0.29) is 11.9 Å². The summed E-state index contributed by atoms with van der Waals surface area (Å²) in [6, 6.07) is 0. The lowest BCUT2D eigenvalue weighted by molar-refractivity contribution is -0.146. The third-order valence-corrected chi connectivity index (χ3v) is 1.87. The van der Waals surface area contributed by atoms with E-state index in [1.807, 2.05) is 0 Å². The van der Waals surface area contributed by atoms with Crippen molar-refractivity contribution in [2.24, 2.45) is 5.92 Å². The third kappa shape index (κ3) is 1.70. The van der Waals surface area contributed by atoms with E-state index in [0.717, 1.165) is 25.9 Å². The van der Waals surface area contributed by atoms with Crippen LogP contribution in [-0.4, -0.2) is 26.2 Å². The van der Waals surface area contributed by atoms with Crippen LogP contribution in [0.25, 0.3) is 0 Å². The SMILES string of the molecule is CO[13C](=O)[13CH]1[13CH2][13CH2]N[13CH2][13CH2]1. The highest BCUT2D eigenvalue weighted by Crippen LogP contribution is 2.12. The van der Waals surface area contributed by atoms with Crippen molar-refractivity contribution >= 4 is 5.97 Å². The molecule has 1 saturated heterocycles. The van der Waals surface area contributed by atoms with Gasteiger partial charge in [-0.3, -0.25) is 4.79 Å². The van der Waals surface area contributed by atoms with Crippen LogP contribution in [0.2, 0.25) is 0 Å². The van der Waals surface area contributed by atoms with Crippen molar-refractivity contribution in [3.05, 3.63) is 0 Å². The van der Waals surface area contributed by atoms with Crippen molar-refractivity contribution in [3.8, 4) is 0 Å². The lowest BCUT2D eigenvalue weighted by Crippen LogP contribution is -2.32. The Balaban J connectivity index is 2.31. The molecule has 10 heavy (non-hydrogen) atoms. The Hall–Kier alpha value is -0.570. The van der Waals surface area contributed by atoms with Crippen LogP contribution in [0.3, 0.4) is 0 Å². The van der Waals surface area contributed by atoms with Gasteiger partial charge in [-0.15, -0.1) is 0 Å². The Labute approximate surface area is 60.7 Å². The van der Waals surface area contributed by atoms with Crippen LogP contribution in [0.4, 0.5) is 0 Å². The topological polar surface area (TPSA) is 38.3 Å². The number of hydrogen-bond acceptors (Lipinski definition) is 3. The summed E-state index contributed by atoms with van der Waals surface area (Å²) in [6.07, 6.45) is 1.85. The summed E-state index contributed by atoms with van der Waals surface area (Å²) in [6.45, 7) is 1.89. The van der Waals surface area contributed by atoms with Gasteiger partial charge in [0.1, 0.15) is 0 Å². The van der Waals surface area contributed by atoms with Crippen molar-refractivity contribution in [3.63, 3.8) is 0 Å². The molecule has 0 saturated carbocycles. The molecule has 0 amide bonds. The Bertz CT molecular complexity index is 119. The molecule has 1 heterocycles. The predicted octanol–water partition coefficient (Wildman–Crippen LogP) is 0.159. The Morgan fingerprint density at radius 2 is 2.10 bits per heavy atom. The fourth-order valence-electron chi connectivity index (χ4n) is 1.22. The summed E-state index contributed by atoms with van der Waals surface area (Å²) >= 11 is 0. The summed E-state index contributed by atoms with van der Waals surface area (Å²) < 4.78 is 4.62. The number of ether oxygens (including phenoxy) is 1. The maximum atomic E-state index is 10.9. The second-order valence-electron chi connectivity index (χ2n) is 2.55. The zero-order valence-electron chi connectivity index (χ0n) is 6.22. The molecule has 1 N–H and O–H groups in total. The summed E-state index contributed by atoms with van der Waals surface area (Å²) in [5.41, 5.74) is 0. The first-order chi connectivity index (χ1) is 4.84. The van der Waals surface area contributed by atoms with E-state index in [0.29, 0.717) is 0 Å². The molecule has 3 heteroatoms. The molecular formula is C7H13NO2. The molecule has 0 bridgehead atoms. The highest BCUT2D eigenvalue weighted by Gasteiger charge is 2.20. The maximum Gasteiger partial charge on any atom is 0.308 e. The van der Waals surface area contributed by atoms with Gasteiger partial charge in [-0.1, -0.05) is 0 Å². The number of rotatable bonds is 1. The van der Waals surface area contributed by atoms with Gasteiger partial charge in [0, 0.05) is 0 Å². The number of piperidine rings is 1. The fourth-order valence-corrected chi connectivity index (χ4v) is 1.22. The first kappa shape index (κ1) is 7.54. The molecule has 1 rings (SSSR count). The van der Waals surface area contributed by atoms with E-state index in [2.05, 4.69) is 10.1 Å². The van der Waals surface area contributed by atoms with Crippen LogP contribution < -0.4 is 5.32 Å². The molecule has 1 aliphatic heterocycles. The second kappa shape index (κ2) is 3.56. The van der Waals surface area contributed by atoms with Crippen molar-refractivity contribution in [2.45, 2.75) is 12.8 Å². The van der Waals surface area contributed by atoms with Gasteiger partial charge in [-0.05, 0) is 25.9 Å². The molecule has 0 aromatic rings. The van der Waals surface area contributed by atoms with Gasteiger partial charge >= 0.3 is 5.97 Å². The highest BCUT2D eigenvalue weighted by molar-refractivity contribution is 5.72. The summed E-state index contributed by atoms with van der Waals surface area (Å²) in [5, 5.41) is 3.19. The average Bonchev–Trinajstić information content (AvgIpc) is 2.05. The molecule has 1 aliphatic rings. The molecule has 0 unspecified atom stereocenters. The predicted molar refractivity (Wildman–Crippen MR) is 37.6 cm³/mol. The molecule has 0 aromatic heterocycles. The molecule has 0 aromatic carbocycles. The Morgan fingerprint density at radius 3 is 2.60 bits per heavy atom. The van der Waals surface area contributed by atoms with Gasteiger partial charge < -0.3 is 10.1 Å². The summed E-state index contributed by atoms with van der Waals surface area (Å²) in [5.74, 6) is 0.0905. The summed E-state index contributed by atoms with van der Waals surface area (Å²) in [7, 11) is 1.45. The molecule has 0 radical (unpaired) electrons. The van der Waals surface area contributed by atoms with Crippen LogP contribution in [0.15, 0.2) is 0 Å². The smallest absolute Gasteiger partial charge is 0.308 e. The van der Waals surface area contributed by atoms with Gasteiger partial charge in [0.2, 0.25) is 0 Å². The molecule has 3 nitrogen and oxygen atoms in total. The molecular weight excluding hydrogens is 136 g/mol. The normalized spacial score (nSPS) is 20.5. The van der Waals surface area contributed by atoms with E-state index < -0.39 is 0 Å². The van der Waals surface area contributed by atoms with Crippen LogP contribution >= 0.6 is 0 Å². The zero-order valence-corrected chi connectivity index (χ0v) is 6.22. The van der Waals surface area contributed by atoms with Crippen molar-refractivity contribution in [2.75, 3.05) is 20.2 Å². The molecule has 58 valence electrons. The number of esters is 1. The number of methoxy groups -OCH3 is 1. The van der Waals surface area contributed by atoms with Crippen LogP contribution in [0, 0.1) is 5.92 Å². The van der Waals surface area contributed by atoms with E-state index in [1.165, 1.54) is 7.11 Å². The van der Waals surface area contributed by atoms with E-state index in [1.54, 1.807) is 0 Å². The van der Waals surface area contributed by atoms with Gasteiger partial charge in [-0.25, -0.2) is 0 Å². The van der Waals surface area contributed by atoms with Crippen LogP contribution in [-0.2, 0) is 9.53 Å². The van der Waals surface area contributed by atoms with Crippen molar-refractivity contribution in [1.82, 2.24) is 5.32 Å². The molecule has 0 aliphatic carbocycles. The first-order valence-corrected chi connectivity index (χ1v) is 3.63. The highest BCUT2D eigenvalue weighted by atomic mass is 16.6. The number of carbonyl (C=O) groups is 1. The van der Waals surface area contributed by atoms with Gasteiger partial charge in [0.05, 0.1) is 13.0 Å². The number of hydrogen-bond donors (Lipinski definition) is 1. The van der Waals surface area contributed by atoms with Crippen LogP contribution in [0.5, 0.6) is 0 Å². The minimum Gasteiger partial charge on any atom is -0.469 e. The van der Waals surface area contributed by atoms with Crippen molar-refractivity contribution < 1.29 is 9.53 Å². The second-order valence-corrected chi connectivity index (χ2v) is 2.55. The summed E-state index contributed by atoms with van der Waals surface area (Å²) in [4.78, 5) is 10.9. The lowest BCUT2D eigenvalue weighted by atomic mass is 10.9. The average molecular weight is 149 g/mol. The quantitative estimate of drug-likeness (QED) is 0.426. The molecule has 1 fully saturated rings. The Kier molecular flexibility index (Phi) is 2.68. The zero-order chi connectivity index (χ0) is 7.40. The largest absolute Gasteiger partial charge is 0.469 e. The monoisotopic (exact) mass is 149 g/mol. The van der Waals surface area contributed by atoms with Crippen molar-refractivity contribution in [1.29, 1.82) is 0 Å². The standard InChI is InChI=1S/C7H13NO2/c1-10-7(9)6-2-4-8-5-3-6/h6,8H,2-5H2,1H3/i2+1,3+1,4+1,5+1,6+1,7+1. The Morgan fingerprint density at radius 1 is 1.50 bits per heavy atom. The minimum atomic E-state index is -0.0542. The third-order valence-electron chi connectivity index (χ3n) is 1.87. The van der Waals surface area contributed by atoms with Gasteiger partial charge in [-0.2, -0.15) is 0 Å². The fraction of sp³-hybridized carbons (Fsp3) is 0.857.